The highest BCUT2D eigenvalue weighted by Gasteiger charge is 2.24. The van der Waals surface area contributed by atoms with Crippen molar-refractivity contribution in [1.29, 1.82) is 0 Å². The fourth-order valence-electron chi connectivity index (χ4n) is 2.66. The molecule has 1 unspecified atom stereocenters. The first-order valence-corrected chi connectivity index (χ1v) is 6.56. The van der Waals surface area contributed by atoms with E-state index in [0.717, 1.165) is 38.3 Å². The standard InChI is InChI=1S/C14H22FN3/c1-16-10-12-11-17(2)8-5-9-18(12)14-7-4-3-6-13(14)15/h3-4,6-7,12,16H,5,8-11H2,1-2H3. The highest BCUT2D eigenvalue weighted by Crippen LogP contribution is 2.23. The summed E-state index contributed by atoms with van der Waals surface area (Å²) in [6.07, 6.45) is 1.07. The summed E-state index contributed by atoms with van der Waals surface area (Å²) in [7, 11) is 4.08. The average Bonchev–Trinajstić information content (AvgIpc) is 2.52. The number of nitrogens with zero attached hydrogens (tertiary/aromatic N) is 2. The molecule has 1 aliphatic rings. The van der Waals surface area contributed by atoms with Crippen LogP contribution in [0.15, 0.2) is 24.3 Å². The van der Waals surface area contributed by atoms with Crippen LogP contribution in [0, 0.1) is 5.82 Å². The Morgan fingerprint density at radius 1 is 1.33 bits per heavy atom. The van der Waals surface area contributed by atoms with Gasteiger partial charge in [-0.3, -0.25) is 0 Å². The van der Waals surface area contributed by atoms with E-state index in [1.165, 1.54) is 0 Å². The van der Waals surface area contributed by atoms with E-state index in [-0.39, 0.29) is 5.82 Å². The third kappa shape index (κ3) is 3.00. The summed E-state index contributed by atoms with van der Waals surface area (Å²) in [4.78, 5) is 4.53. The first-order chi connectivity index (χ1) is 8.72. The van der Waals surface area contributed by atoms with Gasteiger partial charge in [0.15, 0.2) is 0 Å². The number of nitrogens with one attached hydrogen (secondary N) is 1. The van der Waals surface area contributed by atoms with Gasteiger partial charge in [-0.2, -0.15) is 0 Å². The molecule has 1 aliphatic heterocycles. The van der Waals surface area contributed by atoms with Gasteiger partial charge in [-0.1, -0.05) is 12.1 Å². The summed E-state index contributed by atoms with van der Waals surface area (Å²) >= 11 is 0. The molecule has 1 fully saturated rings. The molecule has 0 bridgehead atoms. The summed E-state index contributed by atoms with van der Waals surface area (Å²) in [5.41, 5.74) is 0.730. The van der Waals surface area contributed by atoms with Gasteiger partial charge < -0.3 is 15.1 Å². The van der Waals surface area contributed by atoms with Crippen LogP contribution in [0.2, 0.25) is 0 Å². The Morgan fingerprint density at radius 3 is 2.83 bits per heavy atom. The Bertz CT molecular complexity index is 383. The quantitative estimate of drug-likeness (QED) is 0.879. The van der Waals surface area contributed by atoms with Crippen LogP contribution in [-0.2, 0) is 0 Å². The largest absolute Gasteiger partial charge is 0.364 e. The predicted molar refractivity (Wildman–Crippen MR) is 73.6 cm³/mol. The lowest BCUT2D eigenvalue weighted by molar-refractivity contribution is 0.328. The molecule has 0 spiro atoms. The zero-order chi connectivity index (χ0) is 13.0. The summed E-state index contributed by atoms with van der Waals surface area (Å²) in [6.45, 7) is 3.83. The van der Waals surface area contributed by atoms with Crippen molar-refractivity contribution < 1.29 is 4.39 Å². The van der Waals surface area contributed by atoms with Gasteiger partial charge in [0, 0.05) is 19.6 Å². The second kappa shape index (κ2) is 6.16. The summed E-state index contributed by atoms with van der Waals surface area (Å²) < 4.78 is 13.9. The van der Waals surface area contributed by atoms with E-state index in [1.807, 2.05) is 19.2 Å². The normalized spacial score (nSPS) is 21.9. The Morgan fingerprint density at radius 2 is 2.11 bits per heavy atom. The SMILES string of the molecule is CNCC1CN(C)CCCN1c1ccccc1F. The molecule has 100 valence electrons. The van der Waals surface area contributed by atoms with E-state index in [4.69, 9.17) is 0 Å². The number of rotatable bonds is 3. The number of hydrogen-bond acceptors (Lipinski definition) is 3. The minimum absolute atomic E-state index is 0.122. The van der Waals surface area contributed by atoms with Crippen LogP contribution in [0.4, 0.5) is 10.1 Å². The molecule has 1 heterocycles. The molecule has 0 aromatic heterocycles. The number of para-hydroxylation sites is 1. The first-order valence-electron chi connectivity index (χ1n) is 6.56. The van der Waals surface area contributed by atoms with Gasteiger partial charge in [0.25, 0.3) is 0 Å². The van der Waals surface area contributed by atoms with Gasteiger partial charge in [-0.15, -0.1) is 0 Å². The van der Waals surface area contributed by atoms with Crippen LogP contribution in [0.1, 0.15) is 6.42 Å². The van der Waals surface area contributed by atoms with E-state index >= 15 is 0 Å². The first kappa shape index (κ1) is 13.3. The lowest BCUT2D eigenvalue weighted by atomic mass is 10.2. The third-order valence-corrected chi connectivity index (χ3v) is 3.50. The van der Waals surface area contributed by atoms with Gasteiger partial charge in [0.1, 0.15) is 5.82 Å². The molecule has 1 saturated heterocycles. The average molecular weight is 251 g/mol. The zero-order valence-electron chi connectivity index (χ0n) is 11.2. The van der Waals surface area contributed by atoms with Crippen LogP contribution in [-0.4, -0.2) is 51.2 Å². The van der Waals surface area contributed by atoms with Gasteiger partial charge in [0.05, 0.1) is 11.7 Å². The maximum Gasteiger partial charge on any atom is 0.146 e. The van der Waals surface area contributed by atoms with Gasteiger partial charge in [-0.05, 0) is 39.2 Å². The maximum atomic E-state index is 13.9. The molecule has 2 rings (SSSR count). The predicted octanol–water partition coefficient (Wildman–Crippen LogP) is 1.56. The Balaban J connectivity index is 2.24. The molecule has 18 heavy (non-hydrogen) atoms. The molecular weight excluding hydrogens is 229 g/mol. The Kier molecular flexibility index (Phi) is 4.55. The molecule has 3 nitrogen and oxygen atoms in total. The van der Waals surface area contributed by atoms with Crippen molar-refractivity contribution in [3.8, 4) is 0 Å². The van der Waals surface area contributed by atoms with Gasteiger partial charge in [-0.25, -0.2) is 4.39 Å². The maximum absolute atomic E-state index is 13.9. The zero-order valence-corrected chi connectivity index (χ0v) is 11.2. The van der Waals surface area contributed by atoms with E-state index in [1.54, 1.807) is 12.1 Å². The van der Waals surface area contributed by atoms with E-state index in [9.17, 15) is 4.39 Å². The minimum Gasteiger partial charge on any atom is -0.364 e. The molecule has 1 aromatic rings. The number of anilines is 1. The van der Waals surface area contributed by atoms with Crippen LogP contribution < -0.4 is 10.2 Å². The summed E-state index contributed by atoms with van der Waals surface area (Å²) in [6, 6.07) is 7.39. The molecule has 0 radical (unpaired) electrons. The Labute approximate surface area is 109 Å². The topological polar surface area (TPSA) is 18.5 Å². The lowest BCUT2D eigenvalue weighted by Gasteiger charge is -2.33. The molecule has 0 aliphatic carbocycles. The van der Waals surface area contributed by atoms with E-state index in [0.29, 0.717) is 6.04 Å². The second-order valence-corrected chi connectivity index (χ2v) is 4.97. The molecule has 1 aromatic carbocycles. The second-order valence-electron chi connectivity index (χ2n) is 4.97. The molecule has 4 heteroatoms. The van der Waals surface area contributed by atoms with E-state index < -0.39 is 0 Å². The van der Waals surface area contributed by atoms with E-state index in [2.05, 4.69) is 22.2 Å². The fourth-order valence-corrected chi connectivity index (χ4v) is 2.66. The summed E-state index contributed by atoms with van der Waals surface area (Å²) in [5.74, 6) is -0.122. The van der Waals surface area contributed by atoms with Crippen molar-refractivity contribution in [3.05, 3.63) is 30.1 Å². The lowest BCUT2D eigenvalue weighted by Crippen LogP contribution is -2.46. The van der Waals surface area contributed by atoms with Crippen molar-refractivity contribution in [2.75, 3.05) is 45.2 Å². The Hall–Kier alpha value is -1.13. The molecular formula is C14H22FN3. The smallest absolute Gasteiger partial charge is 0.146 e. The number of benzene rings is 1. The molecule has 0 amide bonds. The highest BCUT2D eigenvalue weighted by atomic mass is 19.1. The van der Waals surface area contributed by atoms with Crippen LogP contribution in [0.3, 0.4) is 0 Å². The number of halogens is 1. The minimum atomic E-state index is -0.122. The number of hydrogen-bond donors (Lipinski definition) is 1. The van der Waals surface area contributed by atoms with Gasteiger partial charge in [0.2, 0.25) is 0 Å². The fraction of sp³-hybridized carbons (Fsp3) is 0.571. The third-order valence-electron chi connectivity index (χ3n) is 3.50. The van der Waals surface area contributed by atoms with Crippen LogP contribution in [0.25, 0.3) is 0 Å². The molecule has 0 saturated carbocycles. The van der Waals surface area contributed by atoms with Crippen LogP contribution >= 0.6 is 0 Å². The van der Waals surface area contributed by atoms with Gasteiger partial charge >= 0.3 is 0 Å². The van der Waals surface area contributed by atoms with Crippen molar-refractivity contribution in [1.82, 2.24) is 10.2 Å². The van der Waals surface area contributed by atoms with Crippen LogP contribution in [0.5, 0.6) is 0 Å². The summed E-state index contributed by atoms with van der Waals surface area (Å²) in [5, 5.41) is 3.21. The van der Waals surface area contributed by atoms with Crippen molar-refractivity contribution >= 4 is 5.69 Å². The molecule has 1 atom stereocenters. The molecule has 1 N–H and O–H groups in total. The van der Waals surface area contributed by atoms with Crippen molar-refractivity contribution in [2.24, 2.45) is 0 Å². The monoisotopic (exact) mass is 251 g/mol. The van der Waals surface area contributed by atoms with Crippen molar-refractivity contribution in [3.63, 3.8) is 0 Å². The number of likely N-dealkylation sites (N-methyl/N-ethyl adjacent to an activating group) is 2. The highest BCUT2D eigenvalue weighted by molar-refractivity contribution is 5.49. The van der Waals surface area contributed by atoms with Crippen molar-refractivity contribution in [2.45, 2.75) is 12.5 Å².